The molecular formula is C20H18ClN5OS3. The van der Waals surface area contributed by atoms with Gasteiger partial charge in [0.15, 0.2) is 9.50 Å². The zero-order valence-electron chi connectivity index (χ0n) is 16.0. The largest absolute Gasteiger partial charge is 0.325 e. The maximum Gasteiger partial charge on any atom is 0.234 e. The quantitative estimate of drug-likeness (QED) is 0.335. The molecule has 4 rings (SSSR count). The molecule has 0 saturated heterocycles. The molecule has 0 spiro atoms. The highest BCUT2D eigenvalue weighted by atomic mass is 35.5. The van der Waals surface area contributed by atoms with Crippen molar-refractivity contribution in [1.82, 2.24) is 19.7 Å². The van der Waals surface area contributed by atoms with Gasteiger partial charge in [-0.05, 0) is 37.3 Å². The maximum atomic E-state index is 12.3. The zero-order valence-corrected chi connectivity index (χ0v) is 19.2. The molecule has 2 aromatic carbocycles. The van der Waals surface area contributed by atoms with Crippen LogP contribution in [-0.2, 0) is 17.1 Å². The lowest BCUT2D eigenvalue weighted by atomic mass is 10.3. The Bertz CT molecular complexity index is 1140. The lowest BCUT2D eigenvalue weighted by Crippen LogP contribution is -2.14. The minimum atomic E-state index is -0.113. The third-order valence-electron chi connectivity index (χ3n) is 4.15. The van der Waals surface area contributed by atoms with Gasteiger partial charge in [-0.3, -0.25) is 4.79 Å². The van der Waals surface area contributed by atoms with Gasteiger partial charge >= 0.3 is 0 Å². The topological polar surface area (TPSA) is 72.7 Å². The van der Waals surface area contributed by atoms with Crippen LogP contribution < -0.4 is 5.32 Å². The van der Waals surface area contributed by atoms with E-state index in [1.165, 1.54) is 16.5 Å². The predicted octanol–water partition coefficient (Wildman–Crippen LogP) is 5.58. The van der Waals surface area contributed by atoms with Gasteiger partial charge in [0.05, 0.1) is 21.7 Å². The molecule has 2 heterocycles. The molecule has 0 aliphatic rings. The molecule has 0 unspecified atom stereocenters. The van der Waals surface area contributed by atoms with E-state index in [-0.39, 0.29) is 11.7 Å². The second kappa shape index (κ2) is 9.82. The summed E-state index contributed by atoms with van der Waals surface area (Å²) in [5.41, 5.74) is 1.70. The maximum absolute atomic E-state index is 12.3. The number of para-hydroxylation sites is 1. The summed E-state index contributed by atoms with van der Waals surface area (Å²) >= 11 is 10.7. The predicted molar refractivity (Wildman–Crippen MR) is 126 cm³/mol. The fraction of sp³-hybridized carbons (Fsp3) is 0.200. The summed E-state index contributed by atoms with van der Waals surface area (Å²) in [7, 11) is 0. The number of nitrogens with zero attached hydrogens (tertiary/aromatic N) is 4. The summed E-state index contributed by atoms with van der Waals surface area (Å²) in [5, 5.41) is 12.8. The van der Waals surface area contributed by atoms with E-state index in [0.29, 0.717) is 16.5 Å². The zero-order chi connectivity index (χ0) is 20.9. The molecule has 0 atom stereocenters. The van der Waals surface area contributed by atoms with Crippen LogP contribution in [0.5, 0.6) is 0 Å². The lowest BCUT2D eigenvalue weighted by Gasteiger charge is -2.07. The normalized spacial score (nSPS) is 11.1. The van der Waals surface area contributed by atoms with Crippen molar-refractivity contribution in [3.63, 3.8) is 0 Å². The molecule has 0 bridgehead atoms. The minimum Gasteiger partial charge on any atom is -0.325 e. The molecule has 154 valence electrons. The second-order valence-electron chi connectivity index (χ2n) is 6.23. The molecule has 4 aromatic rings. The van der Waals surface area contributed by atoms with E-state index in [0.717, 1.165) is 27.4 Å². The van der Waals surface area contributed by atoms with Gasteiger partial charge in [0, 0.05) is 17.3 Å². The molecule has 10 heteroatoms. The average molecular weight is 476 g/mol. The van der Waals surface area contributed by atoms with Crippen molar-refractivity contribution >= 4 is 68.3 Å². The van der Waals surface area contributed by atoms with Crippen molar-refractivity contribution in [3.05, 3.63) is 59.4 Å². The fourth-order valence-electron chi connectivity index (χ4n) is 2.78. The van der Waals surface area contributed by atoms with E-state index in [1.54, 1.807) is 47.4 Å². The first-order valence-electron chi connectivity index (χ1n) is 9.21. The van der Waals surface area contributed by atoms with Crippen LogP contribution in [0.3, 0.4) is 0 Å². The number of thiazole rings is 1. The summed E-state index contributed by atoms with van der Waals surface area (Å²) in [4.78, 5) is 16.9. The smallest absolute Gasteiger partial charge is 0.234 e. The standard InChI is InChI=1S/C20H18ClN5OS3/c1-2-26-17(11-29-20-23-15-8-3-4-9-16(15)30-20)24-25-19(26)28-12-18(27)22-14-7-5-6-13(21)10-14/h3-10H,2,11-12H2,1H3,(H,22,27). The van der Waals surface area contributed by atoms with Gasteiger partial charge in [-0.25, -0.2) is 4.98 Å². The molecule has 0 fully saturated rings. The number of halogens is 1. The van der Waals surface area contributed by atoms with Gasteiger partial charge in [-0.1, -0.05) is 53.3 Å². The van der Waals surface area contributed by atoms with E-state index < -0.39 is 0 Å². The Morgan fingerprint density at radius 1 is 1.17 bits per heavy atom. The van der Waals surface area contributed by atoms with Crippen molar-refractivity contribution in [2.75, 3.05) is 11.1 Å². The number of hydrogen-bond donors (Lipinski definition) is 1. The van der Waals surface area contributed by atoms with Crippen molar-refractivity contribution in [1.29, 1.82) is 0 Å². The van der Waals surface area contributed by atoms with Crippen molar-refractivity contribution in [2.24, 2.45) is 0 Å². The number of fused-ring (bicyclic) bond motifs is 1. The Labute approximate surface area is 191 Å². The number of thioether (sulfide) groups is 2. The Morgan fingerprint density at radius 2 is 2.03 bits per heavy atom. The summed E-state index contributed by atoms with van der Waals surface area (Å²) in [5.74, 6) is 1.68. The summed E-state index contributed by atoms with van der Waals surface area (Å²) in [6, 6.07) is 15.2. The van der Waals surface area contributed by atoms with Crippen LogP contribution in [0.15, 0.2) is 58.0 Å². The molecule has 0 saturated carbocycles. The van der Waals surface area contributed by atoms with Gasteiger partial charge in [0.1, 0.15) is 5.82 Å². The SMILES string of the molecule is CCn1c(CSc2nc3ccccc3s2)nnc1SCC(=O)Nc1cccc(Cl)c1. The van der Waals surface area contributed by atoms with E-state index in [2.05, 4.69) is 26.6 Å². The monoisotopic (exact) mass is 475 g/mol. The third kappa shape index (κ3) is 5.15. The van der Waals surface area contributed by atoms with Gasteiger partial charge in [-0.2, -0.15) is 0 Å². The molecule has 6 nitrogen and oxygen atoms in total. The van der Waals surface area contributed by atoms with Gasteiger partial charge in [0.25, 0.3) is 0 Å². The molecule has 0 aliphatic carbocycles. The van der Waals surface area contributed by atoms with Gasteiger partial charge in [0.2, 0.25) is 5.91 Å². The van der Waals surface area contributed by atoms with Gasteiger partial charge in [-0.15, -0.1) is 21.5 Å². The highest BCUT2D eigenvalue weighted by Crippen LogP contribution is 2.31. The Kier molecular flexibility index (Phi) is 6.93. The van der Waals surface area contributed by atoms with E-state index in [1.807, 2.05) is 29.7 Å². The number of amides is 1. The number of carbonyl (C=O) groups excluding carboxylic acids is 1. The molecule has 30 heavy (non-hydrogen) atoms. The van der Waals surface area contributed by atoms with Crippen LogP contribution in [0.1, 0.15) is 12.7 Å². The van der Waals surface area contributed by atoms with Crippen LogP contribution in [0.2, 0.25) is 5.02 Å². The number of carbonyl (C=O) groups is 1. The van der Waals surface area contributed by atoms with Crippen LogP contribution in [0, 0.1) is 0 Å². The number of benzene rings is 2. The fourth-order valence-corrected chi connectivity index (χ4v) is 5.80. The van der Waals surface area contributed by atoms with Gasteiger partial charge < -0.3 is 9.88 Å². The van der Waals surface area contributed by atoms with Crippen molar-refractivity contribution in [2.45, 2.75) is 28.7 Å². The first-order valence-corrected chi connectivity index (χ1v) is 12.4. The molecule has 2 aromatic heterocycles. The number of rotatable bonds is 8. The highest BCUT2D eigenvalue weighted by Gasteiger charge is 2.14. The number of hydrogen-bond acceptors (Lipinski definition) is 7. The summed E-state index contributed by atoms with van der Waals surface area (Å²) < 4.78 is 4.23. The first kappa shape index (κ1) is 21.2. The second-order valence-corrected chi connectivity index (χ2v) is 9.86. The molecule has 0 radical (unpaired) electrons. The number of anilines is 1. The third-order valence-corrected chi connectivity index (χ3v) is 7.53. The van der Waals surface area contributed by atoms with E-state index in [4.69, 9.17) is 11.6 Å². The van der Waals surface area contributed by atoms with Crippen molar-refractivity contribution < 1.29 is 4.79 Å². The van der Waals surface area contributed by atoms with E-state index >= 15 is 0 Å². The molecule has 0 aliphatic heterocycles. The molecule has 1 amide bonds. The molecule has 1 N–H and O–H groups in total. The summed E-state index contributed by atoms with van der Waals surface area (Å²) in [6.45, 7) is 2.78. The van der Waals surface area contributed by atoms with Crippen LogP contribution in [0.4, 0.5) is 5.69 Å². The Balaban J connectivity index is 1.36. The minimum absolute atomic E-state index is 0.113. The van der Waals surface area contributed by atoms with Crippen LogP contribution in [-0.4, -0.2) is 31.4 Å². The Morgan fingerprint density at radius 3 is 2.83 bits per heavy atom. The summed E-state index contributed by atoms with van der Waals surface area (Å²) in [6.07, 6.45) is 0. The van der Waals surface area contributed by atoms with Crippen LogP contribution >= 0.6 is 46.5 Å². The Hall–Kier alpha value is -2.07. The first-order chi connectivity index (χ1) is 14.6. The molecular weight excluding hydrogens is 458 g/mol. The van der Waals surface area contributed by atoms with Crippen molar-refractivity contribution in [3.8, 4) is 0 Å². The lowest BCUT2D eigenvalue weighted by molar-refractivity contribution is -0.113. The number of nitrogens with one attached hydrogen (secondary N) is 1. The van der Waals surface area contributed by atoms with Crippen LogP contribution in [0.25, 0.3) is 10.2 Å². The average Bonchev–Trinajstić information content (AvgIpc) is 3.33. The van der Waals surface area contributed by atoms with E-state index in [9.17, 15) is 4.79 Å². The number of aromatic nitrogens is 4. The highest BCUT2D eigenvalue weighted by molar-refractivity contribution is 8.00.